The first-order chi connectivity index (χ1) is 17.4. The molecule has 35 heavy (non-hydrogen) atoms. The lowest BCUT2D eigenvalue weighted by atomic mass is 9.96. The van der Waals surface area contributed by atoms with Gasteiger partial charge in [0, 0.05) is 21.5 Å². The predicted octanol–water partition coefficient (Wildman–Crippen LogP) is 9.32. The highest BCUT2D eigenvalue weighted by atomic mass is 14.9. The van der Waals surface area contributed by atoms with Gasteiger partial charge >= 0.3 is 0 Å². The Kier molecular flexibility index (Phi) is 3.72. The zero-order valence-electron chi connectivity index (χ0n) is 19.1. The molecule has 1 heteroatoms. The maximum Gasteiger partial charge on any atom is 0.0621 e. The number of aromatic nitrogens is 1. The fraction of sp³-hybridized carbons (Fsp3) is 0. The molecule has 8 rings (SSSR count). The standard InChI is InChI=1S/C34H21N/c1-2-8-22(9-3-1)23-14-16-24(17-15-23)26-20-29-28-12-6-7-13-31(28)35-32-19-18-25-10-4-5-11-27(25)33(32)30(21-26)34(29)35/h1-21H. The second-order valence-corrected chi connectivity index (χ2v) is 9.40. The second-order valence-electron chi connectivity index (χ2n) is 9.40. The van der Waals surface area contributed by atoms with Crippen LogP contribution in [0.2, 0.25) is 0 Å². The quantitative estimate of drug-likeness (QED) is 0.251. The Morgan fingerprint density at radius 1 is 0.371 bits per heavy atom. The molecule has 0 amide bonds. The Balaban J connectivity index is 1.47. The van der Waals surface area contributed by atoms with Crippen molar-refractivity contribution in [1.82, 2.24) is 4.40 Å². The summed E-state index contributed by atoms with van der Waals surface area (Å²) in [6.45, 7) is 0. The van der Waals surface area contributed by atoms with Crippen LogP contribution in [0.4, 0.5) is 0 Å². The SMILES string of the molecule is c1ccc(-c2ccc(-c3cc4c5ccccc5n5c6ccc7ccccc7c6c(c3)c45)cc2)cc1. The lowest BCUT2D eigenvalue weighted by Crippen LogP contribution is -1.82. The van der Waals surface area contributed by atoms with Crippen LogP contribution >= 0.6 is 0 Å². The predicted molar refractivity (Wildman–Crippen MR) is 149 cm³/mol. The van der Waals surface area contributed by atoms with E-state index in [1.807, 2.05) is 0 Å². The third-order valence-corrected chi connectivity index (χ3v) is 7.51. The summed E-state index contributed by atoms with van der Waals surface area (Å²) in [5, 5.41) is 7.90. The van der Waals surface area contributed by atoms with Crippen LogP contribution in [0.3, 0.4) is 0 Å². The van der Waals surface area contributed by atoms with Gasteiger partial charge in [-0.05, 0) is 57.3 Å². The van der Waals surface area contributed by atoms with E-state index >= 15 is 0 Å². The second kappa shape index (κ2) is 6.94. The van der Waals surface area contributed by atoms with Crippen molar-refractivity contribution in [3.63, 3.8) is 0 Å². The van der Waals surface area contributed by atoms with Gasteiger partial charge in [-0.3, -0.25) is 0 Å². The van der Waals surface area contributed by atoms with Crippen LogP contribution < -0.4 is 0 Å². The molecule has 0 bridgehead atoms. The minimum Gasteiger partial charge on any atom is -0.308 e. The van der Waals surface area contributed by atoms with Crippen molar-refractivity contribution in [1.29, 1.82) is 0 Å². The summed E-state index contributed by atoms with van der Waals surface area (Å²) >= 11 is 0. The minimum atomic E-state index is 1.24. The molecule has 2 heterocycles. The minimum absolute atomic E-state index is 1.24. The topological polar surface area (TPSA) is 4.41 Å². The highest BCUT2D eigenvalue weighted by molar-refractivity contribution is 6.29. The van der Waals surface area contributed by atoms with Crippen molar-refractivity contribution >= 4 is 48.9 Å². The van der Waals surface area contributed by atoms with Gasteiger partial charge in [0.15, 0.2) is 0 Å². The molecule has 162 valence electrons. The van der Waals surface area contributed by atoms with Crippen molar-refractivity contribution in [2.75, 3.05) is 0 Å². The largest absolute Gasteiger partial charge is 0.308 e. The Morgan fingerprint density at radius 2 is 1.00 bits per heavy atom. The number of nitrogens with zero attached hydrogens (tertiary/aromatic N) is 1. The maximum absolute atomic E-state index is 2.46. The molecule has 0 radical (unpaired) electrons. The molecule has 2 aromatic heterocycles. The number of fused-ring (bicyclic) bond motifs is 8. The van der Waals surface area contributed by atoms with Crippen molar-refractivity contribution < 1.29 is 0 Å². The molecule has 0 saturated carbocycles. The van der Waals surface area contributed by atoms with Crippen LogP contribution in [0, 0.1) is 0 Å². The molecule has 0 spiro atoms. The Hall–Kier alpha value is -4.62. The smallest absolute Gasteiger partial charge is 0.0621 e. The molecule has 0 aliphatic carbocycles. The van der Waals surface area contributed by atoms with E-state index < -0.39 is 0 Å². The van der Waals surface area contributed by atoms with Crippen LogP contribution in [0.5, 0.6) is 0 Å². The average Bonchev–Trinajstić information content (AvgIpc) is 3.45. The van der Waals surface area contributed by atoms with Gasteiger partial charge in [0.2, 0.25) is 0 Å². The molecule has 0 aliphatic rings. The van der Waals surface area contributed by atoms with Gasteiger partial charge in [-0.15, -0.1) is 0 Å². The first-order valence-corrected chi connectivity index (χ1v) is 12.1. The molecule has 6 aromatic carbocycles. The highest BCUT2D eigenvalue weighted by Gasteiger charge is 2.19. The van der Waals surface area contributed by atoms with Crippen LogP contribution in [-0.4, -0.2) is 4.40 Å². The van der Waals surface area contributed by atoms with Gasteiger partial charge in [-0.25, -0.2) is 0 Å². The van der Waals surface area contributed by atoms with Crippen molar-refractivity contribution in [3.8, 4) is 22.3 Å². The molecular formula is C34H21N. The average molecular weight is 444 g/mol. The third kappa shape index (κ3) is 2.58. The molecule has 0 N–H and O–H groups in total. The fourth-order valence-electron chi connectivity index (χ4n) is 5.92. The maximum atomic E-state index is 2.46. The van der Waals surface area contributed by atoms with E-state index in [9.17, 15) is 0 Å². The number of hydrogen-bond donors (Lipinski definition) is 0. The van der Waals surface area contributed by atoms with Crippen LogP contribution in [-0.2, 0) is 0 Å². The van der Waals surface area contributed by atoms with Gasteiger partial charge in [-0.2, -0.15) is 0 Å². The zero-order valence-corrected chi connectivity index (χ0v) is 19.1. The summed E-state index contributed by atoms with van der Waals surface area (Å²) in [5.74, 6) is 0. The van der Waals surface area contributed by atoms with E-state index in [1.165, 1.54) is 71.1 Å². The number of hydrogen-bond acceptors (Lipinski definition) is 0. The summed E-state index contributed by atoms with van der Waals surface area (Å²) in [7, 11) is 0. The molecule has 1 nitrogen and oxygen atoms in total. The van der Waals surface area contributed by atoms with Crippen molar-refractivity contribution in [2.45, 2.75) is 0 Å². The van der Waals surface area contributed by atoms with Gasteiger partial charge in [-0.1, -0.05) is 103 Å². The first kappa shape index (κ1) is 18.8. The fourth-order valence-corrected chi connectivity index (χ4v) is 5.92. The van der Waals surface area contributed by atoms with E-state index in [4.69, 9.17) is 0 Å². The molecular weight excluding hydrogens is 422 g/mol. The lowest BCUT2D eigenvalue weighted by Gasteiger charge is -2.07. The van der Waals surface area contributed by atoms with Crippen LogP contribution in [0.1, 0.15) is 0 Å². The van der Waals surface area contributed by atoms with Gasteiger partial charge in [0.05, 0.1) is 16.6 Å². The van der Waals surface area contributed by atoms with E-state index in [0.29, 0.717) is 0 Å². The summed E-state index contributed by atoms with van der Waals surface area (Å²) < 4.78 is 2.46. The number of benzene rings is 6. The van der Waals surface area contributed by atoms with E-state index in [1.54, 1.807) is 0 Å². The Morgan fingerprint density at radius 3 is 1.83 bits per heavy atom. The Labute approximate surface area is 202 Å². The normalized spacial score (nSPS) is 12.0. The lowest BCUT2D eigenvalue weighted by molar-refractivity contribution is 1.37. The molecule has 8 aromatic rings. The summed E-state index contributed by atoms with van der Waals surface area (Å²) in [6, 6.07) is 46.4. The molecule has 0 saturated heterocycles. The van der Waals surface area contributed by atoms with Gasteiger partial charge in [0.25, 0.3) is 0 Å². The summed E-state index contributed by atoms with van der Waals surface area (Å²) in [4.78, 5) is 0. The van der Waals surface area contributed by atoms with Crippen LogP contribution in [0.25, 0.3) is 71.1 Å². The molecule has 0 aliphatic heterocycles. The van der Waals surface area contributed by atoms with E-state index in [-0.39, 0.29) is 0 Å². The van der Waals surface area contributed by atoms with Crippen LogP contribution in [0.15, 0.2) is 127 Å². The van der Waals surface area contributed by atoms with Crippen molar-refractivity contribution in [3.05, 3.63) is 127 Å². The number of para-hydroxylation sites is 1. The van der Waals surface area contributed by atoms with E-state index in [0.717, 1.165) is 0 Å². The summed E-state index contributed by atoms with van der Waals surface area (Å²) in [5.41, 5.74) is 8.87. The third-order valence-electron chi connectivity index (χ3n) is 7.51. The summed E-state index contributed by atoms with van der Waals surface area (Å²) in [6.07, 6.45) is 0. The van der Waals surface area contributed by atoms with Crippen molar-refractivity contribution in [2.24, 2.45) is 0 Å². The first-order valence-electron chi connectivity index (χ1n) is 12.1. The molecule has 0 fully saturated rings. The monoisotopic (exact) mass is 443 g/mol. The number of rotatable bonds is 2. The molecule has 0 atom stereocenters. The highest BCUT2D eigenvalue weighted by Crippen LogP contribution is 2.43. The van der Waals surface area contributed by atoms with E-state index in [2.05, 4.69) is 132 Å². The van der Waals surface area contributed by atoms with Gasteiger partial charge in [0.1, 0.15) is 0 Å². The molecule has 0 unspecified atom stereocenters. The zero-order chi connectivity index (χ0) is 22.9. The van der Waals surface area contributed by atoms with Gasteiger partial charge < -0.3 is 4.40 Å². The Bertz CT molecular complexity index is 2030.